The van der Waals surface area contributed by atoms with Crippen LogP contribution in [0.5, 0.6) is 0 Å². The van der Waals surface area contributed by atoms with Gasteiger partial charge in [-0.05, 0) is 46.5 Å². The molecular weight excluding hydrogens is 997 g/mol. The standard InChI is InChI=1S/C41H62N12O21/c1-15-32(65)50-23(14-54)37(70)52-31(17(3)56)40(73)46-18(6-8-25(42)57)34(67)49-22(13-29(63)64)41(74)53-10-4-5-24(53)38(71)45-19(7-9-27(59)60)33(66)48-21(12-28(61)62)35(68)47-20(11-26(43)58)36(69)51-30(16(2)55)39(72)44-15/h15-24,30-31,54-56H,4-14H2,1-3H3,(H2,42,57)(H2,43,58)(H,44,72)(H,45,71)(H,46,73)(H,47,68)(H,48,66)(H,49,67)(H,50,65)(H,51,69)(H,52,70)(H,59,60)(H,61,62)(H,63,64)/t15-,16+,17+,18-,19-,20-,21-,22-,23-,24-,30-,31-/m0/s1. The minimum Gasteiger partial charge on any atom is -0.481 e. The summed E-state index contributed by atoms with van der Waals surface area (Å²) in [6.45, 7) is 1.50. The Balaban J connectivity index is 2.79. The first kappa shape index (κ1) is 62.0. The molecule has 0 saturated carbocycles. The highest BCUT2D eigenvalue weighted by molar-refractivity contribution is 6.01. The summed E-state index contributed by atoms with van der Waals surface area (Å²) in [5.41, 5.74) is 10.5. The molecule has 12 amide bonds. The van der Waals surface area contributed by atoms with Gasteiger partial charge in [0.25, 0.3) is 0 Å². The number of aliphatic hydroxyl groups excluding tert-OH is 3. The van der Waals surface area contributed by atoms with Crippen molar-refractivity contribution in [1.82, 2.24) is 52.8 Å². The molecule has 2 heterocycles. The van der Waals surface area contributed by atoms with Crippen LogP contribution in [0.2, 0.25) is 0 Å². The van der Waals surface area contributed by atoms with Crippen LogP contribution in [0.3, 0.4) is 0 Å². The summed E-state index contributed by atoms with van der Waals surface area (Å²) in [6.07, 6.45) is -10.2. The van der Waals surface area contributed by atoms with Gasteiger partial charge < -0.3 is 94.9 Å². The molecule has 0 bridgehead atoms. The second-order valence-electron chi connectivity index (χ2n) is 17.2. The molecule has 12 atom stereocenters. The van der Waals surface area contributed by atoms with Crippen molar-refractivity contribution < 1.29 is 103 Å². The van der Waals surface area contributed by atoms with Crippen LogP contribution >= 0.6 is 0 Å². The van der Waals surface area contributed by atoms with Crippen molar-refractivity contribution in [3.05, 3.63) is 0 Å². The molecule has 2 aliphatic rings. The Morgan fingerprint density at radius 1 is 0.514 bits per heavy atom. The minimum atomic E-state index is -2.19. The molecule has 0 unspecified atom stereocenters. The second kappa shape index (κ2) is 28.8. The van der Waals surface area contributed by atoms with Crippen molar-refractivity contribution >= 4 is 88.8 Å². The minimum absolute atomic E-state index is 0.0384. The van der Waals surface area contributed by atoms with Crippen molar-refractivity contribution in [2.75, 3.05) is 13.2 Å². The van der Waals surface area contributed by atoms with Crippen LogP contribution in [0.25, 0.3) is 0 Å². The van der Waals surface area contributed by atoms with E-state index in [1.165, 1.54) is 0 Å². The zero-order chi connectivity index (χ0) is 56.3. The molecule has 0 radical (unpaired) electrons. The fourth-order valence-corrected chi connectivity index (χ4v) is 7.29. The Kier molecular flexibility index (Phi) is 24.2. The molecule has 0 aromatic rings. The van der Waals surface area contributed by atoms with Gasteiger partial charge >= 0.3 is 17.9 Å². The summed E-state index contributed by atoms with van der Waals surface area (Å²) in [6, 6.07) is -19.4. The maximum atomic E-state index is 14.1. The third-order valence-electron chi connectivity index (χ3n) is 11.2. The van der Waals surface area contributed by atoms with Crippen molar-refractivity contribution in [3.63, 3.8) is 0 Å². The predicted octanol–water partition coefficient (Wildman–Crippen LogP) is -9.92. The Morgan fingerprint density at radius 3 is 1.39 bits per heavy atom. The van der Waals surface area contributed by atoms with Gasteiger partial charge in [0.1, 0.15) is 60.4 Å². The molecule has 0 aromatic heterocycles. The fourth-order valence-electron chi connectivity index (χ4n) is 7.29. The van der Waals surface area contributed by atoms with Crippen molar-refractivity contribution in [3.8, 4) is 0 Å². The Bertz CT molecular complexity index is 2190. The van der Waals surface area contributed by atoms with E-state index in [0.717, 1.165) is 25.7 Å². The molecule has 412 valence electrons. The van der Waals surface area contributed by atoms with E-state index in [4.69, 9.17) is 11.5 Å². The number of nitrogens with one attached hydrogen (secondary N) is 9. The molecule has 33 nitrogen and oxygen atoms in total. The number of rotatable bonds is 15. The van der Waals surface area contributed by atoms with Gasteiger partial charge in [-0.15, -0.1) is 0 Å². The number of aliphatic carboxylic acids is 3. The van der Waals surface area contributed by atoms with Crippen LogP contribution in [-0.4, -0.2) is 210 Å². The molecule has 2 fully saturated rings. The monoisotopic (exact) mass is 1060 g/mol. The molecule has 74 heavy (non-hydrogen) atoms. The van der Waals surface area contributed by atoms with Crippen LogP contribution < -0.4 is 59.3 Å². The van der Waals surface area contributed by atoms with Crippen molar-refractivity contribution in [1.29, 1.82) is 0 Å². The Labute approximate surface area is 419 Å². The van der Waals surface area contributed by atoms with Gasteiger partial charge in [0, 0.05) is 19.4 Å². The number of nitrogens with zero attached hydrogens (tertiary/aromatic N) is 1. The Hall–Kier alpha value is -8.07. The lowest BCUT2D eigenvalue weighted by molar-refractivity contribution is -0.146. The molecule has 19 N–H and O–H groups in total. The van der Waals surface area contributed by atoms with Crippen molar-refractivity contribution in [2.45, 2.75) is 151 Å². The van der Waals surface area contributed by atoms with Gasteiger partial charge in [-0.3, -0.25) is 71.9 Å². The van der Waals surface area contributed by atoms with E-state index < -0.39 is 213 Å². The fraction of sp³-hybridized carbons (Fsp3) is 0.634. The number of primary amides is 2. The van der Waals surface area contributed by atoms with Gasteiger partial charge in [-0.25, -0.2) is 0 Å². The average molecular weight is 1060 g/mol. The number of carbonyl (C=O) groups is 15. The summed E-state index contributed by atoms with van der Waals surface area (Å²) in [5.74, 6) is -20.6. The van der Waals surface area contributed by atoms with Crippen LogP contribution in [0.1, 0.15) is 78.6 Å². The first-order chi connectivity index (χ1) is 34.5. The van der Waals surface area contributed by atoms with Crippen LogP contribution in [-0.2, 0) is 71.9 Å². The summed E-state index contributed by atoms with van der Waals surface area (Å²) in [5, 5.41) is 78.6. The molecule has 33 heteroatoms. The van der Waals surface area contributed by atoms with Crippen LogP contribution in [0, 0.1) is 0 Å². The van der Waals surface area contributed by atoms with Gasteiger partial charge in [-0.2, -0.15) is 0 Å². The number of carbonyl (C=O) groups excluding carboxylic acids is 12. The number of hydrogen-bond acceptors (Lipinski definition) is 18. The van der Waals surface area contributed by atoms with E-state index in [1.54, 1.807) is 0 Å². The lowest BCUT2D eigenvalue weighted by atomic mass is 10.0. The van der Waals surface area contributed by atoms with Gasteiger partial charge in [-0.1, -0.05) is 0 Å². The number of hydrogen-bond donors (Lipinski definition) is 17. The lowest BCUT2D eigenvalue weighted by Gasteiger charge is -2.31. The zero-order valence-electron chi connectivity index (χ0n) is 40.1. The first-order valence-corrected chi connectivity index (χ1v) is 22.7. The SMILES string of the molecule is C[C@@H]1NC(=O)[C@H]([C@@H](C)O)NC(=O)[C@H](CC(N)=O)NC(=O)[C@H](CC(=O)O)NC(=O)[C@H](CCC(=O)O)NC(=O)[C@@H]2CCCN2C(=O)[C@H](CC(=O)O)NC(=O)[C@H](CCC(N)=O)NC(=O)[C@H]([C@@H](C)O)NC(=O)[C@H](CO)NC1=O. The van der Waals surface area contributed by atoms with Crippen LogP contribution in [0.15, 0.2) is 0 Å². The number of amides is 12. The van der Waals surface area contributed by atoms with Gasteiger partial charge in [0.05, 0.1) is 38.1 Å². The Morgan fingerprint density at radius 2 is 0.919 bits per heavy atom. The van der Waals surface area contributed by atoms with E-state index in [2.05, 4.69) is 31.9 Å². The predicted molar refractivity (Wildman–Crippen MR) is 242 cm³/mol. The molecule has 2 aliphatic heterocycles. The lowest BCUT2D eigenvalue weighted by Crippen LogP contribution is -2.63. The largest absolute Gasteiger partial charge is 0.481 e. The first-order valence-electron chi connectivity index (χ1n) is 22.7. The van der Waals surface area contributed by atoms with Crippen LogP contribution in [0.4, 0.5) is 0 Å². The number of nitrogens with two attached hydrogens (primary N) is 2. The smallest absolute Gasteiger partial charge is 0.305 e. The maximum Gasteiger partial charge on any atom is 0.305 e. The molecule has 0 aromatic carbocycles. The zero-order valence-corrected chi connectivity index (χ0v) is 40.1. The highest BCUT2D eigenvalue weighted by atomic mass is 16.4. The normalized spacial score (nSPS) is 27.6. The summed E-state index contributed by atoms with van der Waals surface area (Å²) < 4.78 is 0. The van der Waals surface area contributed by atoms with Crippen molar-refractivity contribution in [2.24, 2.45) is 11.5 Å². The summed E-state index contributed by atoms with van der Waals surface area (Å²) >= 11 is 0. The quantitative estimate of drug-likeness (QED) is 0.0724. The van der Waals surface area contributed by atoms with E-state index in [-0.39, 0.29) is 19.4 Å². The third kappa shape index (κ3) is 19.5. The number of carboxylic acids is 3. The molecular formula is C41H62N12O21. The average Bonchev–Trinajstić information content (AvgIpc) is 3.79. The number of carboxylic acid groups (broad SMARTS) is 3. The number of fused-ring (bicyclic) bond motifs is 1. The number of aliphatic hydroxyl groups is 3. The highest BCUT2D eigenvalue weighted by Crippen LogP contribution is 2.20. The molecule has 2 rings (SSSR count). The highest BCUT2D eigenvalue weighted by Gasteiger charge is 2.42. The van der Waals surface area contributed by atoms with Gasteiger partial charge in [0.2, 0.25) is 70.9 Å². The summed E-state index contributed by atoms with van der Waals surface area (Å²) in [4.78, 5) is 197. The molecule has 2 saturated heterocycles. The maximum absolute atomic E-state index is 14.1. The topological polar surface area (TPSA) is 541 Å². The van der Waals surface area contributed by atoms with Gasteiger partial charge in [0.15, 0.2) is 0 Å². The second-order valence-corrected chi connectivity index (χ2v) is 17.2. The van der Waals surface area contributed by atoms with E-state index >= 15 is 0 Å². The van der Waals surface area contributed by atoms with E-state index in [9.17, 15) is 103 Å². The molecule has 0 aliphatic carbocycles. The summed E-state index contributed by atoms with van der Waals surface area (Å²) in [7, 11) is 0. The van der Waals surface area contributed by atoms with E-state index in [1.807, 2.05) is 16.0 Å². The molecule has 0 spiro atoms. The van der Waals surface area contributed by atoms with E-state index in [0.29, 0.717) is 0 Å². The third-order valence-corrected chi connectivity index (χ3v) is 11.2.